The van der Waals surface area contributed by atoms with E-state index in [1.54, 1.807) is 0 Å². The van der Waals surface area contributed by atoms with Gasteiger partial charge in [-0.3, -0.25) is 0 Å². The van der Waals surface area contributed by atoms with Gasteiger partial charge in [-0.05, 0) is 30.3 Å². The molecule has 0 bridgehead atoms. The summed E-state index contributed by atoms with van der Waals surface area (Å²) in [5, 5.41) is 5.58. The van der Waals surface area contributed by atoms with Crippen molar-refractivity contribution < 1.29 is 0 Å². The number of hydrogen-bond donors (Lipinski definition) is 1. The molecule has 3 heteroatoms. The van der Waals surface area contributed by atoms with Crippen molar-refractivity contribution in [3.05, 3.63) is 90.0 Å². The molecule has 27 heavy (non-hydrogen) atoms. The first kappa shape index (κ1) is 14.9. The Hall–Kier alpha value is -3.23. The molecule has 4 aromatic carbocycles. The molecule has 0 aliphatic rings. The number of aromatic nitrogens is 2. The average Bonchev–Trinajstić information content (AvgIpc) is 3.24. The molecule has 0 atom stereocenters. The number of H-pyrrole nitrogens is 1. The molecule has 0 fully saturated rings. The number of para-hydroxylation sites is 3. The second kappa shape index (κ2) is 5.38. The lowest BCUT2D eigenvalue weighted by Crippen LogP contribution is -1.93. The van der Waals surface area contributed by atoms with Crippen LogP contribution in [0.1, 0.15) is 0 Å². The average molecular weight is 367 g/mol. The Morgan fingerprint density at radius 1 is 0.630 bits per heavy atom. The van der Waals surface area contributed by atoms with Crippen molar-refractivity contribution in [2.75, 3.05) is 0 Å². The van der Waals surface area contributed by atoms with E-state index in [2.05, 4.69) is 88.4 Å². The highest BCUT2D eigenvalue weighted by Crippen LogP contribution is 2.36. The zero-order chi connectivity index (χ0) is 18.0. The largest absolute Gasteiger partial charge is 0.353 e. The Kier molecular flexibility index (Phi) is 2.97. The second-order valence-corrected chi connectivity index (χ2v) is 7.30. The van der Waals surface area contributed by atoms with Crippen molar-refractivity contribution >= 4 is 55.2 Å². The molecule has 6 rings (SSSR count). The van der Waals surface area contributed by atoms with Crippen molar-refractivity contribution in [3.63, 3.8) is 0 Å². The number of nitrogens with zero attached hydrogens (tertiary/aromatic N) is 1. The van der Waals surface area contributed by atoms with Gasteiger partial charge in [0.15, 0.2) is 0 Å². The molecule has 2 heterocycles. The molecule has 1 N–H and O–H groups in total. The zero-order valence-corrected chi connectivity index (χ0v) is 15.2. The highest BCUT2D eigenvalue weighted by atomic mass is 35.5. The summed E-state index contributed by atoms with van der Waals surface area (Å²) in [6.07, 6.45) is 0. The molecule has 0 saturated heterocycles. The van der Waals surface area contributed by atoms with Crippen LogP contribution in [0.2, 0.25) is 5.02 Å². The third kappa shape index (κ3) is 2.02. The fraction of sp³-hybridized carbons (Fsp3) is 0. The Balaban J connectivity index is 1.79. The van der Waals surface area contributed by atoms with Crippen LogP contribution in [-0.4, -0.2) is 9.55 Å². The maximum absolute atomic E-state index is 6.71. The van der Waals surface area contributed by atoms with Crippen molar-refractivity contribution in [2.45, 2.75) is 0 Å². The fourth-order valence-corrected chi connectivity index (χ4v) is 4.48. The lowest BCUT2D eigenvalue weighted by Gasteiger charge is -2.09. The third-order valence-electron chi connectivity index (χ3n) is 5.39. The number of hydrogen-bond acceptors (Lipinski definition) is 0. The number of halogens is 1. The molecule has 0 amide bonds. The van der Waals surface area contributed by atoms with Gasteiger partial charge in [0.25, 0.3) is 0 Å². The maximum atomic E-state index is 6.71. The van der Waals surface area contributed by atoms with Gasteiger partial charge in [0, 0.05) is 32.7 Å². The van der Waals surface area contributed by atoms with Crippen LogP contribution < -0.4 is 0 Å². The number of benzene rings is 4. The van der Waals surface area contributed by atoms with E-state index >= 15 is 0 Å². The molecule has 128 valence electrons. The predicted octanol–water partition coefficient (Wildman–Crippen LogP) is 7.07. The Morgan fingerprint density at radius 3 is 1.93 bits per heavy atom. The molecule has 0 aliphatic carbocycles. The molecule has 0 spiro atoms. The highest BCUT2D eigenvalue weighted by Gasteiger charge is 2.14. The van der Waals surface area contributed by atoms with E-state index in [0.29, 0.717) is 0 Å². The topological polar surface area (TPSA) is 20.7 Å². The number of nitrogens with one attached hydrogen (secondary N) is 1. The summed E-state index contributed by atoms with van der Waals surface area (Å²) in [4.78, 5) is 3.45. The van der Waals surface area contributed by atoms with Gasteiger partial charge in [0.2, 0.25) is 0 Å². The van der Waals surface area contributed by atoms with Crippen molar-refractivity contribution in [1.29, 1.82) is 0 Å². The van der Waals surface area contributed by atoms with Crippen molar-refractivity contribution in [1.82, 2.24) is 9.55 Å². The van der Waals surface area contributed by atoms with E-state index in [-0.39, 0.29) is 0 Å². The summed E-state index contributed by atoms with van der Waals surface area (Å²) in [6, 6.07) is 29.7. The van der Waals surface area contributed by atoms with Crippen LogP contribution in [0.4, 0.5) is 0 Å². The van der Waals surface area contributed by atoms with E-state index in [9.17, 15) is 0 Å². The van der Waals surface area contributed by atoms with E-state index in [1.165, 1.54) is 27.2 Å². The zero-order valence-electron chi connectivity index (χ0n) is 14.4. The summed E-state index contributed by atoms with van der Waals surface area (Å²) in [5.74, 6) is 0. The Labute approximate surface area is 160 Å². The third-order valence-corrected chi connectivity index (χ3v) is 5.69. The van der Waals surface area contributed by atoms with Gasteiger partial charge in [-0.25, -0.2) is 0 Å². The monoisotopic (exact) mass is 366 g/mol. The molecule has 0 saturated carbocycles. The second-order valence-electron chi connectivity index (χ2n) is 6.89. The van der Waals surface area contributed by atoms with E-state index < -0.39 is 0 Å². The fourth-order valence-electron chi connectivity index (χ4n) is 4.22. The van der Waals surface area contributed by atoms with E-state index in [1.807, 2.05) is 6.07 Å². The molecule has 0 aliphatic heterocycles. The van der Waals surface area contributed by atoms with Crippen LogP contribution in [-0.2, 0) is 0 Å². The lowest BCUT2D eigenvalue weighted by atomic mass is 10.1. The number of aromatic amines is 1. The van der Waals surface area contributed by atoms with E-state index in [4.69, 9.17) is 11.6 Å². The molecule has 0 unspecified atom stereocenters. The molecule has 2 aromatic heterocycles. The molecule has 2 nitrogen and oxygen atoms in total. The summed E-state index contributed by atoms with van der Waals surface area (Å²) < 4.78 is 2.30. The number of rotatable bonds is 1. The Bertz CT molecular complexity index is 1430. The van der Waals surface area contributed by atoms with Gasteiger partial charge in [-0.15, -0.1) is 0 Å². The summed E-state index contributed by atoms with van der Waals surface area (Å²) in [7, 11) is 0. The summed E-state index contributed by atoms with van der Waals surface area (Å²) in [5.41, 5.74) is 5.55. The van der Waals surface area contributed by atoms with Gasteiger partial charge in [0.05, 0.1) is 21.6 Å². The molecule has 6 aromatic rings. The standard InChI is InChI=1S/C24H15ClN2/c25-20-14-15(13-19-16-7-1-4-10-21(16)26-24(19)20)27-22-11-5-2-8-17(22)18-9-3-6-12-23(18)27/h1-14,26H. The van der Waals surface area contributed by atoms with Gasteiger partial charge in [0.1, 0.15) is 0 Å². The van der Waals surface area contributed by atoms with Crippen molar-refractivity contribution in [3.8, 4) is 5.69 Å². The minimum Gasteiger partial charge on any atom is -0.353 e. The minimum absolute atomic E-state index is 0.737. The first-order valence-corrected chi connectivity index (χ1v) is 9.37. The predicted molar refractivity (Wildman–Crippen MR) is 115 cm³/mol. The maximum Gasteiger partial charge on any atom is 0.0668 e. The van der Waals surface area contributed by atoms with Crippen LogP contribution >= 0.6 is 11.6 Å². The quantitative estimate of drug-likeness (QED) is 0.321. The lowest BCUT2D eigenvalue weighted by molar-refractivity contribution is 1.19. The van der Waals surface area contributed by atoms with Crippen LogP contribution in [0.15, 0.2) is 84.9 Å². The highest BCUT2D eigenvalue weighted by molar-refractivity contribution is 6.36. The van der Waals surface area contributed by atoms with Crippen LogP contribution in [0.5, 0.6) is 0 Å². The minimum atomic E-state index is 0.737. The number of fused-ring (bicyclic) bond motifs is 6. The normalized spacial score (nSPS) is 11.9. The van der Waals surface area contributed by atoms with Gasteiger partial charge < -0.3 is 9.55 Å². The molecule has 0 radical (unpaired) electrons. The van der Waals surface area contributed by atoms with Crippen LogP contribution in [0.25, 0.3) is 49.3 Å². The molecular formula is C24H15ClN2. The van der Waals surface area contributed by atoms with E-state index in [0.717, 1.165) is 27.1 Å². The summed E-state index contributed by atoms with van der Waals surface area (Å²) >= 11 is 6.71. The van der Waals surface area contributed by atoms with Crippen LogP contribution in [0.3, 0.4) is 0 Å². The summed E-state index contributed by atoms with van der Waals surface area (Å²) in [6.45, 7) is 0. The van der Waals surface area contributed by atoms with Crippen LogP contribution in [0, 0.1) is 0 Å². The first-order chi connectivity index (χ1) is 13.3. The van der Waals surface area contributed by atoms with Crippen molar-refractivity contribution in [2.24, 2.45) is 0 Å². The van der Waals surface area contributed by atoms with Gasteiger partial charge in [-0.2, -0.15) is 0 Å². The SMILES string of the molecule is Clc1cc(-n2c3ccccc3c3ccccc32)cc2c1[nH]c1ccccc12. The molecular weight excluding hydrogens is 352 g/mol. The van der Waals surface area contributed by atoms with Gasteiger partial charge >= 0.3 is 0 Å². The first-order valence-electron chi connectivity index (χ1n) is 9.00. The Morgan fingerprint density at radius 2 is 1.22 bits per heavy atom. The smallest absolute Gasteiger partial charge is 0.0668 e. The van der Waals surface area contributed by atoms with Gasteiger partial charge in [-0.1, -0.05) is 66.2 Å².